The zero-order chi connectivity index (χ0) is 17.3. The molecule has 1 heterocycles. The van der Waals surface area contributed by atoms with Crippen LogP contribution in [0.1, 0.15) is 31.1 Å². The Morgan fingerprint density at radius 2 is 2.04 bits per heavy atom. The molecule has 0 bridgehead atoms. The number of halogens is 1. The Bertz CT molecular complexity index is 755. The molecule has 6 nitrogen and oxygen atoms in total. The van der Waals surface area contributed by atoms with Gasteiger partial charge in [0.1, 0.15) is 4.90 Å². The van der Waals surface area contributed by atoms with E-state index in [1.54, 1.807) is 20.8 Å². The molecule has 0 saturated carbocycles. The van der Waals surface area contributed by atoms with Crippen molar-refractivity contribution in [1.29, 1.82) is 0 Å². The molecular formula is C14H18ClN3O3S2. The lowest BCUT2D eigenvalue weighted by Gasteiger charge is -2.21. The highest BCUT2D eigenvalue weighted by molar-refractivity contribution is 8.14. The fraction of sp³-hybridized carbons (Fsp3) is 0.429. The summed E-state index contributed by atoms with van der Waals surface area (Å²) in [4.78, 5) is 16.2. The number of rotatable bonds is 3. The van der Waals surface area contributed by atoms with E-state index in [0.717, 1.165) is 5.75 Å². The van der Waals surface area contributed by atoms with E-state index in [4.69, 9.17) is 11.6 Å². The maximum absolute atomic E-state index is 12.4. The van der Waals surface area contributed by atoms with Gasteiger partial charge in [0.2, 0.25) is 10.0 Å². The van der Waals surface area contributed by atoms with Gasteiger partial charge in [-0.2, -0.15) is 0 Å². The summed E-state index contributed by atoms with van der Waals surface area (Å²) in [7, 11) is -3.83. The maximum atomic E-state index is 12.4. The molecule has 0 saturated heterocycles. The van der Waals surface area contributed by atoms with Crippen molar-refractivity contribution in [2.75, 3.05) is 12.3 Å². The van der Waals surface area contributed by atoms with Crippen LogP contribution in [-0.4, -0.2) is 37.3 Å². The highest BCUT2D eigenvalue weighted by atomic mass is 35.5. The molecule has 1 aliphatic heterocycles. The lowest BCUT2D eigenvalue weighted by Crippen LogP contribution is -2.40. The normalized spacial score (nSPS) is 15.4. The van der Waals surface area contributed by atoms with Gasteiger partial charge in [-0.05, 0) is 39.0 Å². The Kier molecular flexibility index (Phi) is 5.40. The van der Waals surface area contributed by atoms with Gasteiger partial charge in [0, 0.05) is 16.9 Å². The average Bonchev–Trinajstić information content (AvgIpc) is 2.88. The standard InChI is InChI=1S/C14H18ClN3O3S2/c1-14(2,3)18-23(20,21)11-8-9(4-5-10(11)15)12(19)17-13-16-6-7-22-13/h4-5,8,18H,6-7H2,1-3H3,(H,16,17,19). The third kappa shape index (κ3) is 4.94. The lowest BCUT2D eigenvalue weighted by atomic mass is 10.1. The Morgan fingerprint density at radius 3 is 2.61 bits per heavy atom. The van der Waals surface area contributed by atoms with Gasteiger partial charge >= 0.3 is 0 Å². The molecule has 0 aliphatic carbocycles. The first-order valence-electron chi connectivity index (χ1n) is 6.91. The summed E-state index contributed by atoms with van der Waals surface area (Å²) in [6.07, 6.45) is 0. The summed E-state index contributed by atoms with van der Waals surface area (Å²) in [6, 6.07) is 4.15. The summed E-state index contributed by atoms with van der Waals surface area (Å²) in [5.74, 6) is 0.410. The minimum atomic E-state index is -3.83. The summed E-state index contributed by atoms with van der Waals surface area (Å²) in [5, 5.41) is 3.26. The molecule has 1 aromatic rings. The first-order chi connectivity index (χ1) is 10.6. The van der Waals surface area contributed by atoms with Crippen molar-refractivity contribution < 1.29 is 13.2 Å². The Labute approximate surface area is 145 Å². The number of hydrogen-bond donors (Lipinski definition) is 2. The van der Waals surface area contributed by atoms with Crippen LogP contribution < -0.4 is 10.0 Å². The summed E-state index contributed by atoms with van der Waals surface area (Å²) in [5.41, 5.74) is -0.450. The first-order valence-corrected chi connectivity index (χ1v) is 9.75. The summed E-state index contributed by atoms with van der Waals surface area (Å²) in [6.45, 7) is 5.84. The number of amidine groups is 1. The molecule has 0 atom stereocenters. The van der Waals surface area contributed by atoms with Gasteiger partial charge in [-0.3, -0.25) is 9.79 Å². The van der Waals surface area contributed by atoms with Crippen molar-refractivity contribution in [3.63, 3.8) is 0 Å². The van der Waals surface area contributed by atoms with E-state index >= 15 is 0 Å². The van der Waals surface area contributed by atoms with Crippen LogP contribution in [0, 0.1) is 0 Å². The van der Waals surface area contributed by atoms with Crippen LogP contribution in [0.5, 0.6) is 0 Å². The van der Waals surface area contributed by atoms with Crippen molar-refractivity contribution in [2.45, 2.75) is 31.2 Å². The Hall–Kier alpha value is -1.09. The number of carbonyl (C=O) groups excluding carboxylic acids is 1. The molecule has 0 spiro atoms. The van der Waals surface area contributed by atoms with Gasteiger partial charge < -0.3 is 5.32 Å². The van der Waals surface area contributed by atoms with E-state index in [0.29, 0.717) is 11.7 Å². The monoisotopic (exact) mass is 375 g/mol. The molecule has 0 aromatic heterocycles. The number of hydrogen-bond acceptors (Lipinski definition) is 5. The zero-order valence-corrected chi connectivity index (χ0v) is 15.4. The molecule has 23 heavy (non-hydrogen) atoms. The maximum Gasteiger partial charge on any atom is 0.257 e. The molecule has 0 unspecified atom stereocenters. The van der Waals surface area contributed by atoms with Crippen LogP contribution in [0.2, 0.25) is 5.02 Å². The topological polar surface area (TPSA) is 87.6 Å². The summed E-state index contributed by atoms with van der Waals surface area (Å²) >= 11 is 7.45. The molecule has 126 valence electrons. The van der Waals surface area contributed by atoms with E-state index in [1.165, 1.54) is 30.0 Å². The van der Waals surface area contributed by atoms with Gasteiger partial charge in [0.05, 0.1) is 11.6 Å². The van der Waals surface area contributed by atoms with Gasteiger partial charge in [-0.25, -0.2) is 13.1 Å². The number of aliphatic imine (C=N–C) groups is 1. The second-order valence-electron chi connectivity index (χ2n) is 5.99. The number of thioether (sulfide) groups is 1. The van der Waals surface area contributed by atoms with Gasteiger partial charge in [0.15, 0.2) is 5.17 Å². The molecule has 1 aromatic carbocycles. The van der Waals surface area contributed by atoms with Crippen LogP contribution in [0.3, 0.4) is 0 Å². The van der Waals surface area contributed by atoms with Crippen molar-refractivity contribution >= 4 is 44.5 Å². The van der Waals surface area contributed by atoms with E-state index < -0.39 is 21.5 Å². The molecule has 0 fully saturated rings. The molecular weight excluding hydrogens is 358 g/mol. The Morgan fingerprint density at radius 1 is 1.35 bits per heavy atom. The molecule has 1 amide bonds. The second kappa shape index (κ2) is 6.80. The van der Waals surface area contributed by atoms with Gasteiger partial charge in [-0.1, -0.05) is 23.4 Å². The highest BCUT2D eigenvalue weighted by Crippen LogP contribution is 2.24. The van der Waals surface area contributed by atoms with Crippen LogP contribution >= 0.6 is 23.4 Å². The van der Waals surface area contributed by atoms with E-state index in [1.807, 2.05) is 0 Å². The molecule has 1 aliphatic rings. The number of benzene rings is 1. The largest absolute Gasteiger partial charge is 0.301 e. The third-order valence-corrected chi connectivity index (χ3v) is 5.86. The van der Waals surface area contributed by atoms with Crippen molar-refractivity contribution in [3.8, 4) is 0 Å². The van der Waals surface area contributed by atoms with Crippen LogP contribution in [0.25, 0.3) is 0 Å². The molecule has 2 rings (SSSR count). The number of nitrogens with one attached hydrogen (secondary N) is 2. The second-order valence-corrected chi connectivity index (χ2v) is 9.13. The van der Waals surface area contributed by atoms with Crippen LogP contribution in [0.15, 0.2) is 28.1 Å². The number of amides is 1. The van der Waals surface area contributed by atoms with E-state index in [9.17, 15) is 13.2 Å². The number of nitrogens with zero attached hydrogens (tertiary/aromatic N) is 1. The lowest BCUT2D eigenvalue weighted by molar-refractivity contribution is 0.0978. The molecule has 2 N–H and O–H groups in total. The van der Waals surface area contributed by atoms with Gasteiger partial charge in [-0.15, -0.1) is 0 Å². The Balaban J connectivity index is 2.30. The average molecular weight is 376 g/mol. The minimum absolute atomic E-state index is 0.0610. The van der Waals surface area contributed by atoms with E-state index in [2.05, 4.69) is 15.0 Å². The number of sulfonamides is 1. The highest BCUT2D eigenvalue weighted by Gasteiger charge is 2.25. The van der Waals surface area contributed by atoms with Crippen molar-refractivity contribution in [2.24, 2.45) is 4.99 Å². The molecule has 9 heteroatoms. The fourth-order valence-corrected chi connectivity index (χ4v) is 4.56. The van der Waals surface area contributed by atoms with Gasteiger partial charge in [0.25, 0.3) is 5.91 Å². The quantitative estimate of drug-likeness (QED) is 0.848. The summed E-state index contributed by atoms with van der Waals surface area (Å²) < 4.78 is 27.4. The zero-order valence-electron chi connectivity index (χ0n) is 13.0. The van der Waals surface area contributed by atoms with Crippen molar-refractivity contribution in [1.82, 2.24) is 10.0 Å². The van der Waals surface area contributed by atoms with Crippen molar-refractivity contribution in [3.05, 3.63) is 28.8 Å². The van der Waals surface area contributed by atoms with Crippen LogP contribution in [-0.2, 0) is 10.0 Å². The first kappa shape index (κ1) is 18.3. The predicted molar refractivity (Wildman–Crippen MR) is 93.8 cm³/mol. The predicted octanol–water partition coefficient (Wildman–Crippen LogP) is 2.25. The fourth-order valence-electron chi connectivity index (χ4n) is 1.89. The molecule has 0 radical (unpaired) electrons. The van der Waals surface area contributed by atoms with E-state index in [-0.39, 0.29) is 15.5 Å². The smallest absolute Gasteiger partial charge is 0.257 e. The number of carbonyl (C=O) groups is 1. The minimum Gasteiger partial charge on any atom is -0.301 e. The third-order valence-electron chi connectivity index (χ3n) is 2.73. The van der Waals surface area contributed by atoms with Crippen LogP contribution in [0.4, 0.5) is 0 Å². The SMILES string of the molecule is CC(C)(C)NS(=O)(=O)c1cc(C(=O)NC2=NCCS2)ccc1Cl.